The number of carbonyl (C=O) groups is 2. The maximum Gasteiger partial charge on any atom is 0.323 e. The van der Waals surface area contributed by atoms with Crippen LogP contribution in [0.1, 0.15) is 10.4 Å². The highest BCUT2D eigenvalue weighted by atomic mass is 32.1. The second-order valence-corrected chi connectivity index (χ2v) is 5.96. The van der Waals surface area contributed by atoms with E-state index in [9.17, 15) is 9.59 Å². The lowest BCUT2D eigenvalue weighted by molar-refractivity contribution is 0.100. The topological polar surface area (TPSA) is 93.5 Å². The predicted molar refractivity (Wildman–Crippen MR) is 98.4 cm³/mol. The van der Waals surface area contributed by atoms with Crippen molar-refractivity contribution in [3.63, 3.8) is 0 Å². The van der Waals surface area contributed by atoms with Gasteiger partial charge in [-0.25, -0.2) is 4.79 Å². The second-order valence-electron chi connectivity index (χ2n) is 5.09. The van der Waals surface area contributed by atoms with Crippen molar-refractivity contribution in [3.05, 3.63) is 71.6 Å². The number of benzene rings is 2. The fourth-order valence-electron chi connectivity index (χ4n) is 2.05. The number of amides is 3. The molecule has 1 aromatic heterocycles. The first-order chi connectivity index (χ1) is 12.1. The molecule has 2 aromatic carbocycles. The molecule has 0 unspecified atom stereocenters. The van der Waals surface area contributed by atoms with Crippen molar-refractivity contribution in [1.82, 2.24) is 0 Å². The zero-order valence-electron chi connectivity index (χ0n) is 13.1. The first kappa shape index (κ1) is 16.5. The Balaban J connectivity index is 1.57. The van der Waals surface area contributed by atoms with Gasteiger partial charge in [0, 0.05) is 22.7 Å². The third-order valence-corrected chi connectivity index (χ3v) is 4.03. The summed E-state index contributed by atoms with van der Waals surface area (Å²) in [6.45, 7) is 0. The molecule has 0 atom stereocenters. The van der Waals surface area contributed by atoms with Crippen LogP contribution in [0.15, 0.2) is 66.0 Å². The third-order valence-electron chi connectivity index (χ3n) is 3.22. The summed E-state index contributed by atoms with van der Waals surface area (Å²) < 4.78 is 5.70. The van der Waals surface area contributed by atoms with E-state index in [2.05, 4.69) is 10.6 Å². The van der Waals surface area contributed by atoms with E-state index >= 15 is 0 Å². The number of nitrogens with two attached hydrogens (primary N) is 1. The van der Waals surface area contributed by atoms with E-state index in [4.69, 9.17) is 10.5 Å². The molecule has 25 heavy (non-hydrogen) atoms. The first-order valence-corrected chi connectivity index (χ1v) is 8.27. The molecule has 3 aromatic rings. The zero-order chi connectivity index (χ0) is 17.6. The van der Waals surface area contributed by atoms with Crippen molar-refractivity contribution in [3.8, 4) is 10.8 Å². The van der Waals surface area contributed by atoms with Gasteiger partial charge in [-0.3, -0.25) is 4.79 Å². The van der Waals surface area contributed by atoms with Crippen molar-refractivity contribution in [2.24, 2.45) is 5.73 Å². The Kier molecular flexibility index (Phi) is 4.96. The van der Waals surface area contributed by atoms with Crippen molar-refractivity contribution in [2.75, 3.05) is 10.6 Å². The van der Waals surface area contributed by atoms with Gasteiger partial charge in [-0.05, 0) is 36.4 Å². The van der Waals surface area contributed by atoms with Crippen LogP contribution in [0.3, 0.4) is 0 Å². The quantitative estimate of drug-likeness (QED) is 0.639. The lowest BCUT2D eigenvalue weighted by Gasteiger charge is -2.06. The maximum absolute atomic E-state index is 12.0. The van der Waals surface area contributed by atoms with Gasteiger partial charge in [0.15, 0.2) is 5.06 Å². The summed E-state index contributed by atoms with van der Waals surface area (Å²) in [6.07, 6.45) is 0. The summed E-state index contributed by atoms with van der Waals surface area (Å²) in [5.41, 5.74) is 6.74. The maximum atomic E-state index is 12.0. The van der Waals surface area contributed by atoms with E-state index in [1.807, 2.05) is 30.3 Å². The van der Waals surface area contributed by atoms with Crippen molar-refractivity contribution < 1.29 is 14.3 Å². The fourth-order valence-corrected chi connectivity index (χ4v) is 2.76. The molecular formula is C18H15N3O3S. The molecule has 0 spiro atoms. The van der Waals surface area contributed by atoms with Crippen LogP contribution in [0.2, 0.25) is 0 Å². The van der Waals surface area contributed by atoms with E-state index in [1.54, 1.807) is 35.7 Å². The highest BCUT2D eigenvalue weighted by Gasteiger charge is 2.07. The van der Waals surface area contributed by atoms with Crippen molar-refractivity contribution in [1.29, 1.82) is 0 Å². The Morgan fingerprint density at radius 1 is 0.920 bits per heavy atom. The molecule has 0 aliphatic carbocycles. The Morgan fingerprint density at radius 2 is 1.60 bits per heavy atom. The van der Waals surface area contributed by atoms with Gasteiger partial charge in [0.1, 0.15) is 5.75 Å². The molecule has 1 heterocycles. The van der Waals surface area contributed by atoms with Gasteiger partial charge in [-0.15, -0.1) is 11.3 Å². The van der Waals surface area contributed by atoms with Crippen LogP contribution < -0.4 is 21.1 Å². The van der Waals surface area contributed by atoms with E-state index < -0.39 is 11.9 Å². The molecule has 0 bridgehead atoms. The van der Waals surface area contributed by atoms with Crippen LogP contribution in [0.5, 0.6) is 10.8 Å². The average molecular weight is 353 g/mol. The largest absolute Gasteiger partial charge is 0.447 e. The molecule has 0 aliphatic rings. The summed E-state index contributed by atoms with van der Waals surface area (Å²) in [4.78, 5) is 23.0. The molecule has 3 amide bonds. The standard InChI is InChI=1S/C18H15N3O3S/c19-17(22)12-6-8-13(9-7-12)20-18(23)21-14-10-16(25-11-14)24-15-4-2-1-3-5-15/h1-11H,(H2,19,22)(H2,20,21,23). The van der Waals surface area contributed by atoms with Gasteiger partial charge in [0.2, 0.25) is 5.91 Å². The Bertz CT molecular complexity index is 876. The molecule has 7 heteroatoms. The molecule has 6 nitrogen and oxygen atoms in total. The van der Waals surface area contributed by atoms with Crippen molar-refractivity contribution in [2.45, 2.75) is 0 Å². The van der Waals surface area contributed by atoms with Gasteiger partial charge >= 0.3 is 6.03 Å². The monoisotopic (exact) mass is 353 g/mol. The number of thiophene rings is 1. The number of ether oxygens (including phenoxy) is 1. The summed E-state index contributed by atoms with van der Waals surface area (Å²) in [5, 5.41) is 7.86. The lowest BCUT2D eigenvalue weighted by Crippen LogP contribution is -2.19. The number of hydrogen-bond acceptors (Lipinski definition) is 4. The van der Waals surface area contributed by atoms with Crippen LogP contribution in [-0.2, 0) is 0 Å². The number of nitrogens with one attached hydrogen (secondary N) is 2. The fraction of sp³-hybridized carbons (Fsp3) is 0. The molecule has 0 fully saturated rings. The van der Waals surface area contributed by atoms with E-state index in [0.717, 1.165) is 5.75 Å². The number of primary amides is 1. The van der Waals surface area contributed by atoms with E-state index in [1.165, 1.54) is 11.3 Å². The minimum absolute atomic E-state index is 0.381. The van der Waals surface area contributed by atoms with Crippen molar-refractivity contribution >= 4 is 34.6 Å². The average Bonchev–Trinajstić information content (AvgIpc) is 3.03. The second kappa shape index (κ2) is 7.50. The zero-order valence-corrected chi connectivity index (χ0v) is 13.9. The smallest absolute Gasteiger partial charge is 0.323 e. The number of rotatable bonds is 5. The van der Waals surface area contributed by atoms with Gasteiger partial charge in [-0.1, -0.05) is 18.2 Å². The number of urea groups is 1. The predicted octanol–water partition coefficient (Wildman–Crippen LogP) is 4.28. The van der Waals surface area contributed by atoms with E-state index in [0.29, 0.717) is 22.0 Å². The normalized spacial score (nSPS) is 10.1. The molecular weight excluding hydrogens is 338 g/mol. The Hall–Kier alpha value is -3.32. The first-order valence-electron chi connectivity index (χ1n) is 7.39. The highest BCUT2D eigenvalue weighted by molar-refractivity contribution is 7.12. The minimum atomic E-state index is -0.514. The van der Waals surface area contributed by atoms with Gasteiger partial charge in [0.25, 0.3) is 0 Å². The number of hydrogen-bond donors (Lipinski definition) is 3. The van der Waals surface area contributed by atoms with Gasteiger partial charge in [-0.2, -0.15) is 0 Å². The summed E-state index contributed by atoms with van der Waals surface area (Å²) >= 11 is 1.38. The summed E-state index contributed by atoms with van der Waals surface area (Å²) in [6, 6.07) is 17.1. The molecule has 0 saturated heterocycles. The minimum Gasteiger partial charge on any atom is -0.447 e. The SMILES string of the molecule is NC(=O)c1ccc(NC(=O)Nc2csc(Oc3ccccc3)c2)cc1. The molecule has 4 N–H and O–H groups in total. The summed E-state index contributed by atoms with van der Waals surface area (Å²) in [7, 11) is 0. The van der Waals surface area contributed by atoms with Crippen LogP contribution in [0.25, 0.3) is 0 Å². The molecule has 0 saturated carbocycles. The summed E-state index contributed by atoms with van der Waals surface area (Å²) in [5.74, 6) is 0.218. The van der Waals surface area contributed by atoms with Gasteiger partial charge < -0.3 is 21.1 Å². The molecule has 3 rings (SSSR count). The van der Waals surface area contributed by atoms with Crippen LogP contribution in [-0.4, -0.2) is 11.9 Å². The molecule has 0 aliphatic heterocycles. The highest BCUT2D eigenvalue weighted by Crippen LogP contribution is 2.31. The van der Waals surface area contributed by atoms with Crippen LogP contribution >= 0.6 is 11.3 Å². The Labute approximate surface area is 148 Å². The Morgan fingerprint density at radius 3 is 2.28 bits per heavy atom. The number of anilines is 2. The van der Waals surface area contributed by atoms with Gasteiger partial charge in [0.05, 0.1) is 5.69 Å². The third kappa shape index (κ3) is 4.58. The van der Waals surface area contributed by atoms with Crippen LogP contribution in [0.4, 0.5) is 16.2 Å². The van der Waals surface area contributed by atoms with E-state index in [-0.39, 0.29) is 0 Å². The molecule has 126 valence electrons. The lowest BCUT2D eigenvalue weighted by atomic mass is 10.2. The number of para-hydroxylation sites is 1. The van der Waals surface area contributed by atoms with Crippen LogP contribution in [0, 0.1) is 0 Å². The molecule has 0 radical (unpaired) electrons. The number of carbonyl (C=O) groups excluding carboxylic acids is 2.